The minimum absolute atomic E-state index is 0.206. The van der Waals surface area contributed by atoms with Gasteiger partial charge < -0.3 is 0 Å². The summed E-state index contributed by atoms with van der Waals surface area (Å²) in [6, 6.07) is 13.6. The highest BCUT2D eigenvalue weighted by Gasteiger charge is 2.16. The van der Waals surface area contributed by atoms with E-state index < -0.39 is 10.0 Å². The molecular formula is C18H21N3O3S. The average molecular weight is 359 g/mol. The minimum atomic E-state index is -3.46. The molecule has 0 bridgehead atoms. The number of sulfonamides is 1. The number of benzene rings is 2. The molecule has 0 saturated carbocycles. The van der Waals surface area contributed by atoms with Gasteiger partial charge in [0.25, 0.3) is 5.91 Å². The topological polar surface area (TPSA) is 78.8 Å². The van der Waals surface area contributed by atoms with Crippen LogP contribution in [0.25, 0.3) is 0 Å². The quantitative estimate of drug-likeness (QED) is 0.658. The Bertz CT molecular complexity index is 901. The fourth-order valence-corrected chi connectivity index (χ4v) is 3.07. The molecule has 7 heteroatoms. The summed E-state index contributed by atoms with van der Waals surface area (Å²) >= 11 is 0. The van der Waals surface area contributed by atoms with Crippen LogP contribution in [0, 0.1) is 6.92 Å². The highest BCUT2D eigenvalue weighted by atomic mass is 32.2. The SMILES string of the molecule is C/C(=N/NC(=O)c1ccccc1C)c1ccc(S(=O)(=O)N(C)C)cc1. The van der Waals surface area contributed by atoms with Crippen molar-refractivity contribution in [2.45, 2.75) is 18.7 Å². The second-order valence-corrected chi connectivity index (χ2v) is 7.92. The van der Waals surface area contributed by atoms with Crippen LogP contribution in [0.15, 0.2) is 58.5 Å². The molecule has 0 atom stereocenters. The van der Waals surface area contributed by atoms with Gasteiger partial charge in [0.15, 0.2) is 0 Å². The second-order valence-electron chi connectivity index (χ2n) is 5.76. The van der Waals surface area contributed by atoms with Crippen LogP contribution in [-0.2, 0) is 10.0 Å². The lowest BCUT2D eigenvalue weighted by atomic mass is 10.1. The second kappa shape index (κ2) is 7.58. The third-order valence-electron chi connectivity index (χ3n) is 3.77. The molecule has 2 aromatic carbocycles. The van der Waals surface area contributed by atoms with E-state index in [4.69, 9.17) is 0 Å². The Morgan fingerprint density at radius 2 is 1.64 bits per heavy atom. The summed E-state index contributed by atoms with van der Waals surface area (Å²) in [6.45, 7) is 3.60. The molecule has 0 unspecified atom stereocenters. The molecule has 0 saturated heterocycles. The van der Waals surface area contributed by atoms with Gasteiger partial charge in [0.05, 0.1) is 10.6 Å². The number of rotatable bonds is 5. The smallest absolute Gasteiger partial charge is 0.267 e. The van der Waals surface area contributed by atoms with Crippen molar-refractivity contribution in [1.82, 2.24) is 9.73 Å². The Hall–Kier alpha value is -2.51. The van der Waals surface area contributed by atoms with Crippen molar-refractivity contribution in [2.75, 3.05) is 14.1 Å². The molecule has 0 spiro atoms. The summed E-state index contributed by atoms with van der Waals surface area (Å²) in [7, 11) is -0.496. The molecule has 1 amide bonds. The Kier molecular flexibility index (Phi) is 5.71. The third-order valence-corrected chi connectivity index (χ3v) is 5.59. The van der Waals surface area contributed by atoms with Gasteiger partial charge in [-0.2, -0.15) is 5.10 Å². The van der Waals surface area contributed by atoms with Crippen molar-refractivity contribution in [3.63, 3.8) is 0 Å². The summed E-state index contributed by atoms with van der Waals surface area (Å²) < 4.78 is 25.3. The zero-order valence-electron chi connectivity index (χ0n) is 14.6. The normalized spacial score (nSPS) is 12.3. The molecule has 0 aromatic heterocycles. The maximum Gasteiger partial charge on any atom is 0.271 e. The number of hydrazone groups is 1. The maximum atomic E-state index is 12.2. The van der Waals surface area contributed by atoms with Crippen LogP contribution in [0.2, 0.25) is 0 Å². The highest BCUT2D eigenvalue weighted by Crippen LogP contribution is 2.14. The Morgan fingerprint density at radius 3 is 2.20 bits per heavy atom. The molecule has 25 heavy (non-hydrogen) atoms. The molecule has 132 valence electrons. The molecule has 0 radical (unpaired) electrons. The Balaban J connectivity index is 2.15. The first kappa shape index (κ1) is 18.8. The van der Waals surface area contributed by atoms with E-state index in [1.54, 1.807) is 31.2 Å². The van der Waals surface area contributed by atoms with Gasteiger partial charge in [-0.15, -0.1) is 0 Å². The van der Waals surface area contributed by atoms with Gasteiger partial charge in [0.2, 0.25) is 10.0 Å². The fourth-order valence-electron chi connectivity index (χ4n) is 2.17. The zero-order valence-corrected chi connectivity index (χ0v) is 15.5. The van der Waals surface area contributed by atoms with Gasteiger partial charge in [-0.3, -0.25) is 4.79 Å². The first-order chi connectivity index (χ1) is 11.7. The van der Waals surface area contributed by atoms with Crippen molar-refractivity contribution in [3.8, 4) is 0 Å². The molecule has 0 aliphatic rings. The van der Waals surface area contributed by atoms with Gasteiger partial charge in [-0.05, 0) is 43.2 Å². The maximum absolute atomic E-state index is 12.2. The van der Waals surface area contributed by atoms with Crippen LogP contribution in [0.5, 0.6) is 0 Å². The largest absolute Gasteiger partial charge is 0.271 e. The molecule has 0 aliphatic heterocycles. The number of carbonyl (C=O) groups excluding carboxylic acids is 1. The predicted molar refractivity (Wildman–Crippen MR) is 98.2 cm³/mol. The lowest BCUT2D eigenvalue weighted by molar-refractivity contribution is 0.0954. The number of nitrogens with zero attached hydrogens (tertiary/aromatic N) is 2. The van der Waals surface area contributed by atoms with E-state index in [0.29, 0.717) is 11.3 Å². The van der Waals surface area contributed by atoms with Gasteiger partial charge in [0.1, 0.15) is 0 Å². The first-order valence-electron chi connectivity index (χ1n) is 7.66. The van der Waals surface area contributed by atoms with Crippen LogP contribution in [-0.4, -0.2) is 38.4 Å². The lowest BCUT2D eigenvalue weighted by Crippen LogP contribution is -2.22. The van der Waals surface area contributed by atoms with E-state index >= 15 is 0 Å². The first-order valence-corrected chi connectivity index (χ1v) is 9.10. The minimum Gasteiger partial charge on any atom is -0.267 e. The van der Waals surface area contributed by atoms with Crippen molar-refractivity contribution in [3.05, 3.63) is 65.2 Å². The lowest BCUT2D eigenvalue weighted by Gasteiger charge is -2.11. The van der Waals surface area contributed by atoms with Gasteiger partial charge in [-0.25, -0.2) is 18.1 Å². The van der Waals surface area contributed by atoms with Crippen LogP contribution >= 0.6 is 0 Å². The van der Waals surface area contributed by atoms with Crippen LogP contribution in [0.1, 0.15) is 28.4 Å². The van der Waals surface area contributed by atoms with Crippen LogP contribution in [0.4, 0.5) is 0 Å². The van der Waals surface area contributed by atoms with Gasteiger partial charge in [-0.1, -0.05) is 30.3 Å². The molecule has 0 aliphatic carbocycles. The summed E-state index contributed by atoms with van der Waals surface area (Å²) in [5.74, 6) is -0.288. The number of hydrogen-bond acceptors (Lipinski definition) is 4. The monoisotopic (exact) mass is 359 g/mol. The molecule has 1 N–H and O–H groups in total. The van der Waals surface area contributed by atoms with Crippen molar-refractivity contribution in [2.24, 2.45) is 5.10 Å². The number of hydrogen-bond donors (Lipinski definition) is 1. The molecule has 0 fully saturated rings. The Morgan fingerprint density at radius 1 is 1.04 bits per heavy atom. The summed E-state index contributed by atoms with van der Waals surface area (Å²) in [5, 5.41) is 4.10. The number of aryl methyl sites for hydroxylation is 1. The summed E-state index contributed by atoms with van der Waals surface area (Å²) in [4.78, 5) is 12.4. The van der Waals surface area contributed by atoms with Crippen molar-refractivity contribution < 1.29 is 13.2 Å². The van der Waals surface area contributed by atoms with Crippen LogP contribution in [0.3, 0.4) is 0 Å². The average Bonchev–Trinajstić information content (AvgIpc) is 2.59. The van der Waals surface area contributed by atoms with E-state index in [2.05, 4.69) is 10.5 Å². The zero-order chi connectivity index (χ0) is 18.6. The number of amides is 1. The summed E-state index contributed by atoms with van der Waals surface area (Å²) in [6.07, 6.45) is 0. The standard InChI is InChI=1S/C18H21N3O3S/c1-13-7-5-6-8-17(13)18(22)20-19-14(2)15-9-11-16(12-10-15)25(23,24)21(3)4/h5-12H,1-4H3,(H,20,22)/b19-14-. The van der Waals surface area contributed by atoms with E-state index in [1.165, 1.54) is 26.2 Å². The van der Waals surface area contributed by atoms with Crippen molar-refractivity contribution in [1.29, 1.82) is 0 Å². The van der Waals surface area contributed by atoms with E-state index in [0.717, 1.165) is 15.4 Å². The summed E-state index contributed by atoms with van der Waals surface area (Å²) in [5.41, 5.74) is 5.26. The molecular weight excluding hydrogens is 338 g/mol. The van der Waals surface area contributed by atoms with Gasteiger partial charge in [0, 0.05) is 19.7 Å². The number of nitrogens with one attached hydrogen (secondary N) is 1. The van der Waals surface area contributed by atoms with E-state index in [1.807, 2.05) is 19.1 Å². The predicted octanol–water partition coefficient (Wildman–Crippen LogP) is 2.40. The van der Waals surface area contributed by atoms with E-state index in [9.17, 15) is 13.2 Å². The van der Waals surface area contributed by atoms with Gasteiger partial charge >= 0.3 is 0 Å². The molecule has 6 nitrogen and oxygen atoms in total. The van der Waals surface area contributed by atoms with Crippen molar-refractivity contribution >= 4 is 21.6 Å². The highest BCUT2D eigenvalue weighted by molar-refractivity contribution is 7.89. The van der Waals surface area contributed by atoms with Crippen LogP contribution < -0.4 is 5.43 Å². The molecule has 2 aromatic rings. The fraction of sp³-hybridized carbons (Fsp3) is 0.222. The Labute approximate surface area is 148 Å². The van der Waals surface area contributed by atoms with E-state index in [-0.39, 0.29) is 10.8 Å². The molecule has 0 heterocycles. The molecule has 2 rings (SSSR count). The third kappa shape index (κ3) is 4.32. The number of carbonyl (C=O) groups is 1.